The van der Waals surface area contributed by atoms with Crippen LogP contribution in [0.15, 0.2) is 38.7 Å². The van der Waals surface area contributed by atoms with Gasteiger partial charge in [0.2, 0.25) is 0 Å². The van der Waals surface area contributed by atoms with E-state index >= 15 is 0 Å². The van der Waals surface area contributed by atoms with E-state index in [2.05, 4.69) is 38.0 Å². The zero-order valence-electron chi connectivity index (χ0n) is 11.6. The van der Waals surface area contributed by atoms with Crippen molar-refractivity contribution in [2.24, 2.45) is 0 Å². The van der Waals surface area contributed by atoms with Gasteiger partial charge in [-0.25, -0.2) is 4.98 Å². The standard InChI is InChI=1S/C15H13BrN2OS2/c1-8-9(2)21-14-12(8)13(19)17-15(18-14)20-7-10-3-5-11(16)6-4-10/h3-6H,7H2,1-2H3,(H,17,18,19). The van der Waals surface area contributed by atoms with Crippen LogP contribution in [-0.2, 0) is 5.75 Å². The molecule has 1 aromatic carbocycles. The molecular formula is C15H13BrN2OS2. The van der Waals surface area contributed by atoms with Crippen molar-refractivity contribution < 1.29 is 0 Å². The van der Waals surface area contributed by atoms with Crippen molar-refractivity contribution in [3.05, 3.63) is 55.1 Å². The molecule has 0 aliphatic heterocycles. The van der Waals surface area contributed by atoms with Crippen LogP contribution in [0.1, 0.15) is 16.0 Å². The number of H-pyrrole nitrogens is 1. The largest absolute Gasteiger partial charge is 0.301 e. The highest BCUT2D eigenvalue weighted by Crippen LogP contribution is 2.28. The molecule has 0 atom stereocenters. The molecule has 1 N–H and O–H groups in total. The Morgan fingerprint density at radius 1 is 1.29 bits per heavy atom. The fourth-order valence-corrected chi connectivity index (χ4v) is 4.20. The molecule has 108 valence electrons. The third-order valence-corrected chi connectivity index (χ3v) is 5.88. The Hall–Kier alpha value is -1.11. The molecule has 3 nitrogen and oxygen atoms in total. The number of hydrogen-bond acceptors (Lipinski definition) is 4. The van der Waals surface area contributed by atoms with Crippen LogP contribution in [0.5, 0.6) is 0 Å². The molecule has 2 heterocycles. The minimum Gasteiger partial charge on any atom is -0.301 e. The van der Waals surface area contributed by atoms with E-state index in [-0.39, 0.29) is 5.56 Å². The van der Waals surface area contributed by atoms with Gasteiger partial charge in [-0.1, -0.05) is 39.8 Å². The number of thioether (sulfide) groups is 1. The van der Waals surface area contributed by atoms with Crippen LogP contribution < -0.4 is 5.56 Å². The first-order chi connectivity index (χ1) is 10.0. The van der Waals surface area contributed by atoms with E-state index in [9.17, 15) is 4.79 Å². The average Bonchev–Trinajstić information content (AvgIpc) is 2.74. The van der Waals surface area contributed by atoms with E-state index in [0.717, 1.165) is 30.9 Å². The normalized spacial score (nSPS) is 11.2. The van der Waals surface area contributed by atoms with Crippen molar-refractivity contribution >= 4 is 49.2 Å². The first-order valence-electron chi connectivity index (χ1n) is 6.42. The fraction of sp³-hybridized carbons (Fsp3) is 0.200. The summed E-state index contributed by atoms with van der Waals surface area (Å²) in [5.74, 6) is 0.783. The van der Waals surface area contributed by atoms with Crippen LogP contribution in [0, 0.1) is 13.8 Å². The summed E-state index contributed by atoms with van der Waals surface area (Å²) in [4.78, 5) is 21.6. The number of nitrogens with one attached hydrogen (secondary N) is 1. The van der Waals surface area contributed by atoms with Crippen molar-refractivity contribution in [2.45, 2.75) is 24.8 Å². The number of fused-ring (bicyclic) bond motifs is 1. The van der Waals surface area contributed by atoms with Crippen molar-refractivity contribution in [3.8, 4) is 0 Å². The monoisotopic (exact) mass is 380 g/mol. The highest BCUT2D eigenvalue weighted by atomic mass is 79.9. The van der Waals surface area contributed by atoms with Gasteiger partial charge in [0.25, 0.3) is 5.56 Å². The lowest BCUT2D eigenvalue weighted by Crippen LogP contribution is -2.08. The van der Waals surface area contributed by atoms with Crippen molar-refractivity contribution in [1.29, 1.82) is 0 Å². The first-order valence-corrected chi connectivity index (χ1v) is 9.01. The molecule has 0 radical (unpaired) electrons. The van der Waals surface area contributed by atoms with Gasteiger partial charge in [-0.2, -0.15) is 0 Å². The Morgan fingerprint density at radius 3 is 2.71 bits per heavy atom. The summed E-state index contributed by atoms with van der Waals surface area (Å²) in [5, 5.41) is 1.40. The quantitative estimate of drug-likeness (QED) is 0.530. The molecule has 0 aliphatic rings. The SMILES string of the molecule is Cc1sc2nc(SCc3ccc(Br)cc3)[nH]c(=O)c2c1C. The highest BCUT2D eigenvalue weighted by Gasteiger charge is 2.12. The van der Waals surface area contributed by atoms with Gasteiger partial charge in [-0.3, -0.25) is 4.79 Å². The van der Waals surface area contributed by atoms with Gasteiger partial charge >= 0.3 is 0 Å². The number of thiophene rings is 1. The number of halogens is 1. The van der Waals surface area contributed by atoms with Gasteiger partial charge in [0.1, 0.15) is 4.83 Å². The summed E-state index contributed by atoms with van der Waals surface area (Å²) < 4.78 is 1.06. The Balaban J connectivity index is 1.88. The van der Waals surface area contributed by atoms with E-state index in [1.165, 1.54) is 5.56 Å². The second-order valence-electron chi connectivity index (χ2n) is 4.75. The summed E-state index contributed by atoms with van der Waals surface area (Å²) in [6, 6.07) is 8.16. The number of aromatic nitrogens is 2. The summed E-state index contributed by atoms with van der Waals surface area (Å²) in [7, 11) is 0. The lowest BCUT2D eigenvalue weighted by atomic mass is 10.2. The van der Waals surface area contributed by atoms with Gasteiger partial charge < -0.3 is 4.98 Å². The molecule has 21 heavy (non-hydrogen) atoms. The zero-order valence-corrected chi connectivity index (χ0v) is 14.8. The lowest BCUT2D eigenvalue weighted by molar-refractivity contribution is 0.978. The smallest absolute Gasteiger partial charge is 0.260 e. The molecule has 0 amide bonds. The summed E-state index contributed by atoms with van der Waals surface area (Å²) >= 11 is 6.55. The molecule has 0 unspecified atom stereocenters. The number of hydrogen-bond donors (Lipinski definition) is 1. The van der Waals surface area contributed by atoms with Crippen LogP contribution in [0.4, 0.5) is 0 Å². The molecule has 3 rings (SSSR count). The van der Waals surface area contributed by atoms with Crippen LogP contribution in [-0.4, -0.2) is 9.97 Å². The van der Waals surface area contributed by atoms with Gasteiger partial charge in [0.05, 0.1) is 5.39 Å². The van der Waals surface area contributed by atoms with Gasteiger partial charge in [0.15, 0.2) is 5.16 Å². The Bertz CT molecular complexity index is 852. The second kappa shape index (κ2) is 5.94. The topological polar surface area (TPSA) is 45.8 Å². The van der Waals surface area contributed by atoms with Crippen molar-refractivity contribution in [1.82, 2.24) is 9.97 Å². The van der Waals surface area contributed by atoms with E-state index in [0.29, 0.717) is 5.16 Å². The minimum atomic E-state index is -0.0415. The van der Waals surface area contributed by atoms with Crippen LogP contribution >= 0.6 is 39.0 Å². The maximum Gasteiger partial charge on any atom is 0.260 e. The minimum absolute atomic E-state index is 0.0415. The number of aromatic amines is 1. The van der Waals surface area contributed by atoms with E-state index in [1.54, 1.807) is 23.1 Å². The predicted molar refractivity (Wildman–Crippen MR) is 93.4 cm³/mol. The Kier molecular flexibility index (Phi) is 4.19. The van der Waals surface area contributed by atoms with Crippen molar-refractivity contribution in [2.75, 3.05) is 0 Å². The molecule has 6 heteroatoms. The number of rotatable bonds is 3. The van der Waals surface area contributed by atoms with Gasteiger partial charge in [-0.05, 0) is 37.1 Å². The number of benzene rings is 1. The van der Waals surface area contributed by atoms with Gasteiger partial charge in [0, 0.05) is 15.1 Å². The molecule has 2 aromatic heterocycles. The molecule has 0 saturated heterocycles. The number of nitrogens with zero attached hydrogens (tertiary/aromatic N) is 1. The summed E-state index contributed by atoms with van der Waals surface area (Å²) in [5.41, 5.74) is 2.19. The van der Waals surface area contributed by atoms with E-state index in [1.807, 2.05) is 26.0 Å². The average molecular weight is 381 g/mol. The molecular weight excluding hydrogens is 368 g/mol. The van der Waals surface area contributed by atoms with E-state index < -0.39 is 0 Å². The van der Waals surface area contributed by atoms with Gasteiger partial charge in [-0.15, -0.1) is 11.3 Å². The lowest BCUT2D eigenvalue weighted by Gasteiger charge is -2.02. The Morgan fingerprint density at radius 2 is 2.00 bits per heavy atom. The van der Waals surface area contributed by atoms with E-state index in [4.69, 9.17) is 0 Å². The van der Waals surface area contributed by atoms with Crippen LogP contribution in [0.3, 0.4) is 0 Å². The zero-order chi connectivity index (χ0) is 15.0. The molecule has 0 bridgehead atoms. The Labute approximate surface area is 138 Å². The van der Waals surface area contributed by atoms with Crippen LogP contribution in [0.2, 0.25) is 0 Å². The summed E-state index contributed by atoms with van der Waals surface area (Å²) in [6.45, 7) is 4.00. The number of aryl methyl sites for hydroxylation is 2. The fourth-order valence-electron chi connectivity index (χ4n) is 2.04. The highest BCUT2D eigenvalue weighted by molar-refractivity contribution is 9.10. The third kappa shape index (κ3) is 3.07. The first kappa shape index (κ1) is 14.8. The molecule has 3 aromatic rings. The maximum atomic E-state index is 12.2. The molecule has 0 fully saturated rings. The molecule has 0 spiro atoms. The maximum absolute atomic E-state index is 12.2. The summed E-state index contributed by atoms with van der Waals surface area (Å²) in [6.07, 6.45) is 0. The third-order valence-electron chi connectivity index (χ3n) is 3.31. The second-order valence-corrected chi connectivity index (χ2v) is 7.83. The van der Waals surface area contributed by atoms with Crippen LogP contribution in [0.25, 0.3) is 10.2 Å². The predicted octanol–water partition coefficient (Wildman–Crippen LogP) is 4.66. The molecule has 0 saturated carbocycles. The van der Waals surface area contributed by atoms with Crippen molar-refractivity contribution in [3.63, 3.8) is 0 Å². The molecule has 0 aliphatic carbocycles.